The van der Waals surface area contributed by atoms with Gasteiger partial charge in [-0.05, 0) is 32.6 Å². The van der Waals surface area contributed by atoms with Crippen molar-refractivity contribution < 1.29 is 19.4 Å². The van der Waals surface area contributed by atoms with Crippen LogP contribution in [0, 0.1) is 11.8 Å². The maximum atomic E-state index is 11.7. The Kier molecular flexibility index (Phi) is 6.99. The fraction of sp³-hybridized carbons (Fsp3) is 0.875. The van der Waals surface area contributed by atoms with Crippen molar-refractivity contribution in [2.75, 3.05) is 6.54 Å². The number of carboxylic acids is 1. The quantitative estimate of drug-likeness (QED) is 0.761. The van der Waals surface area contributed by atoms with E-state index in [0.29, 0.717) is 12.5 Å². The van der Waals surface area contributed by atoms with E-state index in [2.05, 4.69) is 5.32 Å². The number of rotatable bonds is 5. The first-order valence-corrected chi connectivity index (χ1v) is 7.96. The number of ether oxygens (including phenoxy) is 1. The van der Waals surface area contributed by atoms with Crippen LogP contribution in [0.1, 0.15) is 65.7 Å². The lowest BCUT2D eigenvalue weighted by Gasteiger charge is -2.26. The van der Waals surface area contributed by atoms with E-state index in [1.54, 1.807) is 0 Å². The zero-order valence-electron chi connectivity index (χ0n) is 13.5. The van der Waals surface area contributed by atoms with Crippen molar-refractivity contribution in [2.45, 2.75) is 71.3 Å². The molecule has 2 N–H and O–H groups in total. The molecular formula is C16H29NO4. The number of aliphatic carboxylic acids is 1. The molecule has 122 valence electrons. The van der Waals surface area contributed by atoms with Crippen LogP contribution in [0.2, 0.25) is 0 Å². The van der Waals surface area contributed by atoms with Gasteiger partial charge in [-0.1, -0.05) is 38.5 Å². The van der Waals surface area contributed by atoms with Gasteiger partial charge >= 0.3 is 12.1 Å². The summed E-state index contributed by atoms with van der Waals surface area (Å²) in [5, 5.41) is 11.8. The predicted molar refractivity (Wildman–Crippen MR) is 81.2 cm³/mol. The Morgan fingerprint density at radius 2 is 1.76 bits per heavy atom. The zero-order chi connectivity index (χ0) is 15.9. The minimum Gasteiger partial charge on any atom is -0.481 e. The van der Waals surface area contributed by atoms with Crippen LogP contribution >= 0.6 is 0 Å². The van der Waals surface area contributed by atoms with Gasteiger partial charge in [-0.25, -0.2) is 4.79 Å². The molecular weight excluding hydrogens is 270 g/mol. The van der Waals surface area contributed by atoms with Crippen molar-refractivity contribution in [3.63, 3.8) is 0 Å². The molecule has 21 heavy (non-hydrogen) atoms. The molecule has 1 saturated carbocycles. The lowest BCUT2D eigenvalue weighted by Crippen LogP contribution is -2.37. The summed E-state index contributed by atoms with van der Waals surface area (Å²) in [6.45, 7) is 5.82. The minimum atomic E-state index is -0.796. The molecule has 5 nitrogen and oxygen atoms in total. The second-order valence-electron chi connectivity index (χ2n) is 6.99. The van der Waals surface area contributed by atoms with Gasteiger partial charge in [-0.2, -0.15) is 0 Å². The molecule has 0 heterocycles. The standard InChI is InChI=1S/C16H29NO4/c1-16(2,3)21-15(20)17-11-13(10-14(18)19)12-8-6-4-5-7-9-12/h12-13H,4-11H2,1-3H3,(H,17,20)(H,18,19)/t13-/m1/s1. The number of hydrogen-bond acceptors (Lipinski definition) is 3. The highest BCUT2D eigenvalue weighted by atomic mass is 16.6. The first kappa shape index (κ1) is 17.8. The molecule has 0 saturated heterocycles. The Morgan fingerprint density at radius 3 is 2.24 bits per heavy atom. The SMILES string of the molecule is CC(C)(C)OC(=O)NC[C@@H](CC(=O)O)C1CCCCCC1. The molecule has 1 fully saturated rings. The van der Waals surface area contributed by atoms with E-state index in [9.17, 15) is 9.59 Å². The Labute approximate surface area is 127 Å². The van der Waals surface area contributed by atoms with E-state index in [1.807, 2.05) is 20.8 Å². The highest BCUT2D eigenvalue weighted by molar-refractivity contribution is 5.68. The van der Waals surface area contributed by atoms with Crippen molar-refractivity contribution in [2.24, 2.45) is 11.8 Å². The number of amides is 1. The van der Waals surface area contributed by atoms with Gasteiger partial charge in [0.15, 0.2) is 0 Å². The second-order valence-corrected chi connectivity index (χ2v) is 6.99. The molecule has 0 aliphatic heterocycles. The molecule has 1 aliphatic carbocycles. The second kappa shape index (κ2) is 8.25. The van der Waals surface area contributed by atoms with Crippen LogP contribution in [0.5, 0.6) is 0 Å². The third-order valence-corrected chi connectivity index (χ3v) is 3.91. The molecule has 5 heteroatoms. The van der Waals surface area contributed by atoms with Crippen LogP contribution in [0.25, 0.3) is 0 Å². The molecule has 1 atom stereocenters. The lowest BCUT2D eigenvalue weighted by atomic mass is 9.84. The first-order valence-electron chi connectivity index (χ1n) is 7.96. The number of carbonyl (C=O) groups is 2. The van der Waals surface area contributed by atoms with Crippen LogP contribution in [0.15, 0.2) is 0 Å². The Balaban J connectivity index is 2.52. The summed E-state index contributed by atoms with van der Waals surface area (Å²) in [6, 6.07) is 0. The van der Waals surface area contributed by atoms with Crippen molar-refractivity contribution in [3.8, 4) is 0 Å². The number of alkyl carbamates (subject to hydrolysis) is 1. The van der Waals surface area contributed by atoms with Crippen LogP contribution in [0.3, 0.4) is 0 Å². The molecule has 1 aliphatic rings. The predicted octanol–water partition coefficient (Wildman–Crippen LogP) is 3.57. The molecule has 0 unspecified atom stereocenters. The third kappa shape index (κ3) is 7.93. The summed E-state index contributed by atoms with van der Waals surface area (Å²) in [6.07, 6.45) is 6.56. The normalized spacial score (nSPS) is 18.6. The fourth-order valence-electron chi connectivity index (χ4n) is 2.94. The van der Waals surface area contributed by atoms with Crippen LogP contribution in [0.4, 0.5) is 4.79 Å². The van der Waals surface area contributed by atoms with Gasteiger partial charge in [-0.3, -0.25) is 4.79 Å². The summed E-state index contributed by atoms with van der Waals surface area (Å²) < 4.78 is 5.21. The van der Waals surface area contributed by atoms with Gasteiger partial charge in [0.05, 0.1) is 6.42 Å². The Hall–Kier alpha value is -1.26. The fourth-order valence-corrected chi connectivity index (χ4v) is 2.94. The number of hydrogen-bond donors (Lipinski definition) is 2. The van der Waals surface area contributed by atoms with E-state index in [1.165, 1.54) is 12.8 Å². The van der Waals surface area contributed by atoms with Gasteiger partial charge in [0.1, 0.15) is 5.60 Å². The largest absolute Gasteiger partial charge is 0.481 e. The molecule has 0 radical (unpaired) electrons. The smallest absolute Gasteiger partial charge is 0.407 e. The molecule has 0 aromatic heterocycles. The molecule has 1 amide bonds. The summed E-state index contributed by atoms with van der Waals surface area (Å²) in [5.74, 6) is -0.415. The van der Waals surface area contributed by atoms with Crippen LogP contribution < -0.4 is 5.32 Å². The molecule has 0 bridgehead atoms. The summed E-state index contributed by atoms with van der Waals surface area (Å²) in [4.78, 5) is 22.8. The topological polar surface area (TPSA) is 75.6 Å². The summed E-state index contributed by atoms with van der Waals surface area (Å²) in [7, 11) is 0. The Bertz CT molecular complexity index is 341. The maximum Gasteiger partial charge on any atom is 0.407 e. The molecule has 0 aromatic rings. The van der Waals surface area contributed by atoms with Crippen LogP contribution in [-0.4, -0.2) is 29.3 Å². The van der Waals surface area contributed by atoms with Crippen molar-refractivity contribution in [3.05, 3.63) is 0 Å². The highest BCUT2D eigenvalue weighted by Crippen LogP contribution is 2.30. The van der Waals surface area contributed by atoms with Gasteiger partial charge in [0, 0.05) is 6.54 Å². The number of carboxylic acid groups (broad SMARTS) is 1. The molecule has 0 aromatic carbocycles. The first-order chi connectivity index (χ1) is 9.78. The van der Waals surface area contributed by atoms with E-state index >= 15 is 0 Å². The third-order valence-electron chi connectivity index (χ3n) is 3.91. The number of nitrogens with one attached hydrogen (secondary N) is 1. The highest BCUT2D eigenvalue weighted by Gasteiger charge is 2.26. The van der Waals surface area contributed by atoms with Crippen molar-refractivity contribution >= 4 is 12.1 Å². The molecule has 0 spiro atoms. The zero-order valence-corrected chi connectivity index (χ0v) is 13.5. The van der Waals surface area contributed by atoms with Crippen LogP contribution in [-0.2, 0) is 9.53 Å². The van der Waals surface area contributed by atoms with E-state index < -0.39 is 17.7 Å². The summed E-state index contributed by atoms with van der Waals surface area (Å²) >= 11 is 0. The lowest BCUT2D eigenvalue weighted by molar-refractivity contribution is -0.138. The number of carbonyl (C=O) groups excluding carboxylic acids is 1. The summed E-state index contributed by atoms with van der Waals surface area (Å²) in [5.41, 5.74) is -0.533. The van der Waals surface area contributed by atoms with E-state index in [0.717, 1.165) is 25.7 Å². The van der Waals surface area contributed by atoms with Gasteiger partial charge < -0.3 is 15.2 Å². The Morgan fingerprint density at radius 1 is 1.19 bits per heavy atom. The maximum absolute atomic E-state index is 11.7. The van der Waals surface area contributed by atoms with Gasteiger partial charge in [-0.15, -0.1) is 0 Å². The molecule has 1 rings (SSSR count). The van der Waals surface area contributed by atoms with E-state index in [4.69, 9.17) is 9.84 Å². The van der Waals surface area contributed by atoms with Gasteiger partial charge in [0.2, 0.25) is 0 Å². The minimum absolute atomic E-state index is 0.00637. The average Bonchev–Trinajstić information content (AvgIpc) is 2.60. The van der Waals surface area contributed by atoms with Gasteiger partial charge in [0.25, 0.3) is 0 Å². The average molecular weight is 299 g/mol. The van der Waals surface area contributed by atoms with E-state index in [-0.39, 0.29) is 12.3 Å². The monoisotopic (exact) mass is 299 g/mol. The van der Waals surface area contributed by atoms with Crippen molar-refractivity contribution in [1.82, 2.24) is 5.32 Å². The van der Waals surface area contributed by atoms with Crippen molar-refractivity contribution in [1.29, 1.82) is 0 Å².